The summed E-state index contributed by atoms with van der Waals surface area (Å²) in [5.41, 5.74) is 15.4. The van der Waals surface area contributed by atoms with Gasteiger partial charge >= 0.3 is 0 Å². The Bertz CT molecular complexity index is 479. The Morgan fingerprint density at radius 1 is 1.44 bits per heavy atom. The van der Waals surface area contributed by atoms with E-state index >= 15 is 0 Å². The lowest BCUT2D eigenvalue weighted by Gasteiger charge is -2.12. The van der Waals surface area contributed by atoms with Crippen molar-refractivity contribution >= 4 is 17.2 Å². The molecule has 0 amide bonds. The third-order valence-corrected chi connectivity index (χ3v) is 3.54. The highest BCUT2D eigenvalue weighted by Gasteiger charge is 2.12. The van der Waals surface area contributed by atoms with E-state index in [4.69, 9.17) is 11.5 Å². The maximum absolute atomic E-state index is 6.16. The van der Waals surface area contributed by atoms with Gasteiger partial charge in [0.15, 0.2) is 0 Å². The molecule has 1 unspecified atom stereocenters. The number of thiophene rings is 1. The predicted molar refractivity (Wildman–Crippen MR) is 68.3 cm³/mol. The molecule has 2 aromatic heterocycles. The summed E-state index contributed by atoms with van der Waals surface area (Å²) >= 11 is 1.68. The molecule has 2 heterocycles. The Kier molecular flexibility index (Phi) is 3.22. The number of rotatable bonds is 3. The van der Waals surface area contributed by atoms with Gasteiger partial charge in [-0.25, -0.2) is 4.98 Å². The molecular weight excluding hydrogens is 218 g/mol. The number of hydrogen-bond donors (Lipinski definition) is 2. The zero-order chi connectivity index (χ0) is 11.5. The molecule has 84 valence electrons. The van der Waals surface area contributed by atoms with Crippen molar-refractivity contribution in [3.05, 3.63) is 45.8 Å². The first-order chi connectivity index (χ1) is 7.68. The van der Waals surface area contributed by atoms with Crippen LogP contribution in [0.1, 0.15) is 22.7 Å². The first-order valence-corrected chi connectivity index (χ1v) is 6.10. The minimum atomic E-state index is -0.00208. The Hall–Kier alpha value is -1.39. The van der Waals surface area contributed by atoms with E-state index in [1.165, 1.54) is 11.1 Å². The average molecular weight is 233 g/mol. The molecule has 0 aliphatic rings. The van der Waals surface area contributed by atoms with Crippen molar-refractivity contribution in [1.82, 2.24) is 4.98 Å². The molecule has 0 aromatic carbocycles. The summed E-state index contributed by atoms with van der Waals surface area (Å²) < 4.78 is 0. The first-order valence-electron chi connectivity index (χ1n) is 5.16. The van der Waals surface area contributed by atoms with E-state index in [2.05, 4.69) is 22.7 Å². The van der Waals surface area contributed by atoms with Crippen molar-refractivity contribution < 1.29 is 0 Å². The SMILES string of the molecule is Cc1cscc1C(N)Cc1cccnc1N. The third-order valence-electron chi connectivity index (χ3n) is 2.66. The number of aryl methyl sites for hydroxylation is 1. The van der Waals surface area contributed by atoms with Gasteiger partial charge in [-0.1, -0.05) is 6.07 Å². The topological polar surface area (TPSA) is 64.9 Å². The predicted octanol–water partition coefficient (Wildman–Crippen LogP) is 2.28. The number of hydrogen-bond acceptors (Lipinski definition) is 4. The zero-order valence-electron chi connectivity index (χ0n) is 9.18. The van der Waals surface area contributed by atoms with Crippen LogP contribution in [0.2, 0.25) is 0 Å². The van der Waals surface area contributed by atoms with E-state index in [1.54, 1.807) is 17.5 Å². The van der Waals surface area contributed by atoms with E-state index in [0.717, 1.165) is 12.0 Å². The highest BCUT2D eigenvalue weighted by molar-refractivity contribution is 7.08. The fourth-order valence-electron chi connectivity index (χ4n) is 1.72. The minimum Gasteiger partial charge on any atom is -0.383 e. The number of aromatic nitrogens is 1. The molecule has 2 aromatic rings. The van der Waals surface area contributed by atoms with Gasteiger partial charge < -0.3 is 11.5 Å². The van der Waals surface area contributed by atoms with Crippen LogP contribution >= 0.6 is 11.3 Å². The van der Waals surface area contributed by atoms with Crippen LogP contribution < -0.4 is 11.5 Å². The fraction of sp³-hybridized carbons (Fsp3) is 0.250. The summed E-state index contributed by atoms with van der Waals surface area (Å²) in [6, 6.07) is 3.86. The van der Waals surface area contributed by atoms with E-state index in [-0.39, 0.29) is 6.04 Å². The van der Waals surface area contributed by atoms with Gasteiger partial charge in [0.25, 0.3) is 0 Å². The van der Waals surface area contributed by atoms with Crippen molar-refractivity contribution in [2.75, 3.05) is 5.73 Å². The summed E-state index contributed by atoms with van der Waals surface area (Å²) in [5, 5.41) is 4.22. The summed E-state index contributed by atoms with van der Waals surface area (Å²) in [7, 11) is 0. The number of nitrogens with zero attached hydrogens (tertiary/aromatic N) is 1. The van der Waals surface area contributed by atoms with Gasteiger partial charge in [0, 0.05) is 12.2 Å². The molecule has 0 aliphatic carbocycles. The smallest absolute Gasteiger partial charge is 0.126 e. The van der Waals surface area contributed by atoms with E-state index in [9.17, 15) is 0 Å². The second kappa shape index (κ2) is 4.63. The van der Waals surface area contributed by atoms with Gasteiger partial charge in [0.05, 0.1) is 0 Å². The molecule has 0 fully saturated rings. The van der Waals surface area contributed by atoms with Gasteiger partial charge in [0.1, 0.15) is 5.82 Å². The highest BCUT2D eigenvalue weighted by atomic mass is 32.1. The van der Waals surface area contributed by atoms with Crippen LogP contribution in [-0.4, -0.2) is 4.98 Å². The molecule has 0 saturated carbocycles. The monoisotopic (exact) mass is 233 g/mol. The van der Waals surface area contributed by atoms with Gasteiger partial charge in [-0.2, -0.15) is 11.3 Å². The highest BCUT2D eigenvalue weighted by Crippen LogP contribution is 2.24. The van der Waals surface area contributed by atoms with Crippen LogP contribution in [0.5, 0.6) is 0 Å². The molecule has 1 atom stereocenters. The van der Waals surface area contributed by atoms with Crippen LogP contribution in [0, 0.1) is 6.92 Å². The van der Waals surface area contributed by atoms with Crippen molar-refractivity contribution in [2.24, 2.45) is 5.73 Å². The lowest BCUT2D eigenvalue weighted by atomic mass is 10.00. The number of anilines is 1. The molecule has 0 spiro atoms. The van der Waals surface area contributed by atoms with Crippen molar-refractivity contribution in [3.8, 4) is 0 Å². The van der Waals surface area contributed by atoms with Crippen molar-refractivity contribution in [1.29, 1.82) is 0 Å². The number of nitrogen functional groups attached to an aromatic ring is 1. The Labute approximate surface area is 99.1 Å². The largest absolute Gasteiger partial charge is 0.383 e. The van der Waals surface area contributed by atoms with Crippen molar-refractivity contribution in [2.45, 2.75) is 19.4 Å². The van der Waals surface area contributed by atoms with Crippen LogP contribution in [-0.2, 0) is 6.42 Å². The molecule has 0 aliphatic heterocycles. The standard InChI is InChI=1S/C12H15N3S/c1-8-6-16-7-10(8)11(13)5-9-3-2-4-15-12(9)14/h2-4,6-7,11H,5,13H2,1H3,(H2,14,15). The van der Waals surface area contributed by atoms with Gasteiger partial charge in [-0.3, -0.25) is 0 Å². The molecule has 2 rings (SSSR count). The van der Waals surface area contributed by atoms with Gasteiger partial charge in [-0.05, 0) is 46.9 Å². The van der Waals surface area contributed by atoms with Crippen LogP contribution in [0.15, 0.2) is 29.1 Å². The van der Waals surface area contributed by atoms with Crippen LogP contribution in [0.3, 0.4) is 0 Å². The third kappa shape index (κ3) is 2.23. The normalized spacial score (nSPS) is 12.6. The molecule has 0 radical (unpaired) electrons. The molecule has 16 heavy (non-hydrogen) atoms. The lowest BCUT2D eigenvalue weighted by Crippen LogP contribution is -2.14. The summed E-state index contributed by atoms with van der Waals surface area (Å²) in [6.45, 7) is 2.08. The summed E-state index contributed by atoms with van der Waals surface area (Å²) in [6.07, 6.45) is 2.43. The molecule has 0 saturated heterocycles. The van der Waals surface area contributed by atoms with Gasteiger partial charge in [0.2, 0.25) is 0 Å². The number of pyridine rings is 1. The Morgan fingerprint density at radius 2 is 2.25 bits per heavy atom. The van der Waals surface area contributed by atoms with E-state index < -0.39 is 0 Å². The molecule has 0 bridgehead atoms. The summed E-state index contributed by atoms with van der Waals surface area (Å²) in [5.74, 6) is 0.575. The van der Waals surface area contributed by atoms with Crippen molar-refractivity contribution in [3.63, 3.8) is 0 Å². The zero-order valence-corrected chi connectivity index (χ0v) is 10.00. The maximum Gasteiger partial charge on any atom is 0.126 e. The average Bonchev–Trinajstić information content (AvgIpc) is 2.68. The second-order valence-electron chi connectivity index (χ2n) is 3.87. The maximum atomic E-state index is 6.16. The van der Waals surface area contributed by atoms with E-state index in [0.29, 0.717) is 5.82 Å². The summed E-state index contributed by atoms with van der Waals surface area (Å²) in [4.78, 5) is 4.06. The first kappa shape index (κ1) is 11.1. The Balaban J connectivity index is 2.17. The molecule has 4 N–H and O–H groups in total. The van der Waals surface area contributed by atoms with Gasteiger partial charge in [-0.15, -0.1) is 0 Å². The Morgan fingerprint density at radius 3 is 2.88 bits per heavy atom. The van der Waals surface area contributed by atoms with E-state index in [1.807, 2.05) is 12.1 Å². The lowest BCUT2D eigenvalue weighted by molar-refractivity contribution is 0.719. The fourth-order valence-corrected chi connectivity index (χ4v) is 2.64. The van der Waals surface area contributed by atoms with Crippen LogP contribution in [0.4, 0.5) is 5.82 Å². The quantitative estimate of drug-likeness (QED) is 0.854. The second-order valence-corrected chi connectivity index (χ2v) is 4.61. The molecule has 3 nitrogen and oxygen atoms in total. The van der Waals surface area contributed by atoms with Crippen LogP contribution in [0.25, 0.3) is 0 Å². The minimum absolute atomic E-state index is 0.00208. The molecule has 4 heteroatoms. The molecular formula is C12H15N3S. The number of nitrogens with two attached hydrogens (primary N) is 2.